The van der Waals surface area contributed by atoms with Crippen LogP contribution in [-0.2, 0) is 4.74 Å². The third kappa shape index (κ3) is 3.20. The molecule has 1 aliphatic heterocycles. The first-order valence-electron chi connectivity index (χ1n) is 5.69. The van der Waals surface area contributed by atoms with Crippen LogP contribution in [0, 0.1) is 5.92 Å². The number of carbonyl (C=O) groups is 1. The summed E-state index contributed by atoms with van der Waals surface area (Å²) in [6.45, 7) is 6.76. The summed E-state index contributed by atoms with van der Waals surface area (Å²) in [5.74, 6) is 0.754. The van der Waals surface area contributed by atoms with Crippen molar-refractivity contribution in [3.63, 3.8) is 0 Å². The van der Waals surface area contributed by atoms with Crippen LogP contribution in [0.3, 0.4) is 0 Å². The lowest BCUT2D eigenvalue weighted by Gasteiger charge is -2.27. The summed E-state index contributed by atoms with van der Waals surface area (Å²) in [6.07, 6.45) is 4.39. The lowest BCUT2D eigenvalue weighted by molar-refractivity contribution is 0.0705. The number of hydrogen-bond donors (Lipinski definition) is 0. The second kappa shape index (κ2) is 5.89. The quantitative estimate of drug-likeness (QED) is 0.681. The zero-order chi connectivity index (χ0) is 10.4. The average molecular weight is 199 g/mol. The molecule has 1 rings (SSSR count). The molecule has 1 amide bonds. The third-order valence-corrected chi connectivity index (χ3v) is 3.02. The molecule has 1 aliphatic rings. The summed E-state index contributed by atoms with van der Waals surface area (Å²) in [5, 5.41) is 0. The van der Waals surface area contributed by atoms with Crippen molar-refractivity contribution >= 4 is 6.09 Å². The Morgan fingerprint density at radius 2 is 2.14 bits per heavy atom. The van der Waals surface area contributed by atoms with E-state index in [4.69, 9.17) is 4.74 Å². The van der Waals surface area contributed by atoms with Gasteiger partial charge in [-0.3, -0.25) is 0 Å². The smallest absolute Gasteiger partial charge is 0.409 e. The molecule has 0 spiro atoms. The number of ether oxygens (including phenoxy) is 1. The molecule has 0 saturated carbocycles. The monoisotopic (exact) mass is 199 g/mol. The van der Waals surface area contributed by atoms with Gasteiger partial charge in [0, 0.05) is 13.1 Å². The predicted molar refractivity (Wildman–Crippen MR) is 56.2 cm³/mol. The summed E-state index contributed by atoms with van der Waals surface area (Å²) in [6, 6.07) is 0. The van der Waals surface area contributed by atoms with E-state index in [1.165, 1.54) is 12.8 Å². The molecule has 0 atom stereocenters. The molecule has 0 aromatic carbocycles. The summed E-state index contributed by atoms with van der Waals surface area (Å²) < 4.78 is 4.98. The van der Waals surface area contributed by atoms with Gasteiger partial charge in [0.15, 0.2) is 0 Å². The van der Waals surface area contributed by atoms with Gasteiger partial charge in [0.25, 0.3) is 0 Å². The van der Waals surface area contributed by atoms with Gasteiger partial charge < -0.3 is 9.64 Å². The Labute approximate surface area is 86.4 Å². The third-order valence-electron chi connectivity index (χ3n) is 3.02. The molecule has 82 valence electrons. The van der Waals surface area contributed by atoms with Crippen molar-refractivity contribution in [1.29, 1.82) is 0 Å². The van der Waals surface area contributed by atoms with Gasteiger partial charge >= 0.3 is 6.09 Å². The highest BCUT2D eigenvalue weighted by molar-refractivity contribution is 5.68. The van der Waals surface area contributed by atoms with Crippen LogP contribution < -0.4 is 0 Å². The molecule has 1 saturated heterocycles. The van der Waals surface area contributed by atoms with E-state index in [1.807, 2.05) is 4.90 Å². The van der Waals surface area contributed by atoms with E-state index in [9.17, 15) is 4.79 Å². The van der Waals surface area contributed by atoms with E-state index in [1.54, 1.807) is 0 Å². The number of cyclic esters (lactones) is 1. The Hall–Kier alpha value is -0.730. The number of hydrogen-bond acceptors (Lipinski definition) is 2. The first-order valence-corrected chi connectivity index (χ1v) is 5.69. The van der Waals surface area contributed by atoms with Crippen LogP contribution in [0.4, 0.5) is 4.79 Å². The molecule has 0 aromatic heterocycles. The van der Waals surface area contributed by atoms with Gasteiger partial charge in [0.1, 0.15) is 0 Å². The van der Waals surface area contributed by atoms with Gasteiger partial charge in [-0.15, -0.1) is 0 Å². The molecule has 1 fully saturated rings. The van der Waals surface area contributed by atoms with Crippen molar-refractivity contribution in [2.75, 3.05) is 19.7 Å². The van der Waals surface area contributed by atoms with Gasteiger partial charge in [-0.05, 0) is 18.8 Å². The highest BCUT2D eigenvalue weighted by Crippen LogP contribution is 2.14. The highest BCUT2D eigenvalue weighted by atomic mass is 16.6. The Kier molecular flexibility index (Phi) is 4.77. The van der Waals surface area contributed by atoms with Crippen LogP contribution in [0.1, 0.15) is 39.5 Å². The van der Waals surface area contributed by atoms with E-state index in [0.717, 1.165) is 31.8 Å². The maximum absolute atomic E-state index is 11.3. The van der Waals surface area contributed by atoms with E-state index in [2.05, 4.69) is 13.8 Å². The molecule has 0 N–H and O–H groups in total. The van der Waals surface area contributed by atoms with E-state index in [-0.39, 0.29) is 6.09 Å². The van der Waals surface area contributed by atoms with E-state index >= 15 is 0 Å². The minimum Gasteiger partial charge on any atom is -0.449 e. The van der Waals surface area contributed by atoms with Crippen LogP contribution in [0.25, 0.3) is 0 Å². The molecule has 14 heavy (non-hydrogen) atoms. The standard InChI is InChI=1S/C11H21NO2/c1-3-10(4-2)6-8-12-7-5-9-14-11(12)13/h10H,3-9H2,1-2H3. The summed E-state index contributed by atoms with van der Waals surface area (Å²) in [4.78, 5) is 13.1. The fourth-order valence-corrected chi connectivity index (χ4v) is 1.84. The Balaban J connectivity index is 2.25. The number of rotatable bonds is 5. The van der Waals surface area contributed by atoms with Crippen molar-refractivity contribution in [1.82, 2.24) is 4.90 Å². The van der Waals surface area contributed by atoms with Crippen molar-refractivity contribution in [2.24, 2.45) is 5.92 Å². The predicted octanol–water partition coefficient (Wildman–Crippen LogP) is 2.66. The molecule has 3 heteroatoms. The van der Waals surface area contributed by atoms with Crippen LogP contribution in [0.2, 0.25) is 0 Å². The maximum atomic E-state index is 11.3. The lowest BCUT2D eigenvalue weighted by Crippen LogP contribution is -2.38. The molecule has 0 unspecified atom stereocenters. The molecular weight excluding hydrogens is 178 g/mol. The number of carbonyl (C=O) groups excluding carboxylic acids is 1. The summed E-state index contributed by atoms with van der Waals surface area (Å²) in [5.41, 5.74) is 0. The largest absolute Gasteiger partial charge is 0.449 e. The van der Waals surface area contributed by atoms with Crippen LogP contribution in [-0.4, -0.2) is 30.7 Å². The Morgan fingerprint density at radius 3 is 2.71 bits per heavy atom. The van der Waals surface area contributed by atoms with Crippen LogP contribution in [0.5, 0.6) is 0 Å². The van der Waals surface area contributed by atoms with Gasteiger partial charge in [0.05, 0.1) is 6.61 Å². The normalized spacial score (nSPS) is 17.4. The minimum absolute atomic E-state index is 0.123. The zero-order valence-electron chi connectivity index (χ0n) is 9.29. The number of amides is 1. The topological polar surface area (TPSA) is 29.5 Å². The zero-order valence-corrected chi connectivity index (χ0v) is 9.29. The van der Waals surface area contributed by atoms with Crippen molar-refractivity contribution in [3.05, 3.63) is 0 Å². The van der Waals surface area contributed by atoms with Gasteiger partial charge in [-0.25, -0.2) is 4.79 Å². The van der Waals surface area contributed by atoms with Crippen LogP contribution >= 0.6 is 0 Å². The first-order chi connectivity index (χ1) is 6.77. The SMILES string of the molecule is CCC(CC)CCN1CCCOC1=O. The minimum atomic E-state index is -0.123. The van der Waals surface area contributed by atoms with Gasteiger partial charge in [-0.2, -0.15) is 0 Å². The first kappa shape index (κ1) is 11.3. The van der Waals surface area contributed by atoms with Crippen molar-refractivity contribution in [3.8, 4) is 0 Å². The van der Waals surface area contributed by atoms with Crippen molar-refractivity contribution < 1.29 is 9.53 Å². The summed E-state index contributed by atoms with van der Waals surface area (Å²) >= 11 is 0. The van der Waals surface area contributed by atoms with Gasteiger partial charge in [-0.1, -0.05) is 26.7 Å². The number of nitrogens with zero attached hydrogens (tertiary/aromatic N) is 1. The molecule has 0 aromatic rings. The molecular formula is C11H21NO2. The molecule has 0 aliphatic carbocycles. The fraction of sp³-hybridized carbons (Fsp3) is 0.909. The van der Waals surface area contributed by atoms with Crippen LogP contribution in [0.15, 0.2) is 0 Å². The van der Waals surface area contributed by atoms with E-state index in [0.29, 0.717) is 6.61 Å². The van der Waals surface area contributed by atoms with Crippen molar-refractivity contribution in [2.45, 2.75) is 39.5 Å². The fourth-order valence-electron chi connectivity index (χ4n) is 1.84. The van der Waals surface area contributed by atoms with E-state index < -0.39 is 0 Å². The maximum Gasteiger partial charge on any atom is 0.409 e. The highest BCUT2D eigenvalue weighted by Gasteiger charge is 2.19. The van der Waals surface area contributed by atoms with Gasteiger partial charge in [0.2, 0.25) is 0 Å². The second-order valence-electron chi connectivity index (χ2n) is 3.93. The average Bonchev–Trinajstić information content (AvgIpc) is 2.22. The second-order valence-corrected chi connectivity index (χ2v) is 3.93. The molecule has 0 bridgehead atoms. The molecule has 3 nitrogen and oxygen atoms in total. The molecule has 1 heterocycles. The molecule has 0 radical (unpaired) electrons. The Bertz CT molecular complexity index is 178. The summed E-state index contributed by atoms with van der Waals surface area (Å²) in [7, 11) is 0. The lowest BCUT2D eigenvalue weighted by atomic mass is 9.99. The Morgan fingerprint density at radius 1 is 1.43 bits per heavy atom.